The number of carbonyl (C=O) groups excluding carboxylic acids is 1. The molecule has 22 heavy (non-hydrogen) atoms. The molecule has 1 aromatic heterocycles. The van der Waals surface area contributed by atoms with E-state index in [1.165, 1.54) is 0 Å². The second-order valence-electron chi connectivity index (χ2n) is 5.22. The van der Waals surface area contributed by atoms with E-state index in [-0.39, 0.29) is 5.91 Å². The average Bonchev–Trinajstić information content (AvgIpc) is 2.55. The standard InChI is InChI=1S/C17H22N4O/c1-4-12(3)18-16-11-10-15(20-21-16)17(22)19-14-9-7-6-8-13(14)5-2/h6-12H,4-5H2,1-3H3,(H,18,21)(H,19,22). The number of benzene rings is 1. The van der Waals surface area contributed by atoms with Crippen molar-refractivity contribution in [1.29, 1.82) is 0 Å². The van der Waals surface area contributed by atoms with Crippen LogP contribution in [0, 0.1) is 0 Å². The van der Waals surface area contributed by atoms with Gasteiger partial charge in [-0.2, -0.15) is 0 Å². The smallest absolute Gasteiger partial charge is 0.276 e. The fourth-order valence-electron chi connectivity index (χ4n) is 2.02. The van der Waals surface area contributed by atoms with E-state index in [4.69, 9.17) is 0 Å². The van der Waals surface area contributed by atoms with Gasteiger partial charge in [-0.1, -0.05) is 32.0 Å². The third-order valence-corrected chi connectivity index (χ3v) is 3.55. The maximum atomic E-state index is 12.2. The van der Waals surface area contributed by atoms with Gasteiger partial charge in [-0.15, -0.1) is 10.2 Å². The Morgan fingerprint density at radius 3 is 2.55 bits per heavy atom. The van der Waals surface area contributed by atoms with Crippen LogP contribution in [-0.2, 0) is 6.42 Å². The zero-order valence-electron chi connectivity index (χ0n) is 13.3. The third-order valence-electron chi connectivity index (χ3n) is 3.55. The second-order valence-corrected chi connectivity index (χ2v) is 5.22. The highest BCUT2D eigenvalue weighted by atomic mass is 16.1. The van der Waals surface area contributed by atoms with Crippen LogP contribution in [0.15, 0.2) is 36.4 Å². The Labute approximate surface area is 131 Å². The molecule has 0 saturated carbocycles. The zero-order chi connectivity index (χ0) is 15.9. The maximum Gasteiger partial charge on any atom is 0.276 e. The minimum Gasteiger partial charge on any atom is -0.366 e. The van der Waals surface area contributed by atoms with Gasteiger partial charge in [0.15, 0.2) is 5.69 Å². The Morgan fingerprint density at radius 2 is 1.91 bits per heavy atom. The fraction of sp³-hybridized carbons (Fsp3) is 0.353. The van der Waals surface area contributed by atoms with Gasteiger partial charge in [-0.25, -0.2) is 0 Å². The van der Waals surface area contributed by atoms with Crippen LogP contribution >= 0.6 is 0 Å². The van der Waals surface area contributed by atoms with E-state index in [9.17, 15) is 4.79 Å². The minimum absolute atomic E-state index is 0.247. The van der Waals surface area contributed by atoms with Crippen molar-refractivity contribution < 1.29 is 4.79 Å². The molecule has 1 amide bonds. The summed E-state index contributed by atoms with van der Waals surface area (Å²) in [5.74, 6) is 0.434. The fourth-order valence-corrected chi connectivity index (χ4v) is 2.02. The lowest BCUT2D eigenvalue weighted by molar-refractivity contribution is 0.102. The first-order valence-electron chi connectivity index (χ1n) is 7.63. The summed E-state index contributed by atoms with van der Waals surface area (Å²) in [5, 5.41) is 14.2. The summed E-state index contributed by atoms with van der Waals surface area (Å²) in [6, 6.07) is 11.5. The molecule has 0 fully saturated rings. The summed E-state index contributed by atoms with van der Waals surface area (Å²) in [7, 11) is 0. The Kier molecular flexibility index (Phi) is 5.47. The average molecular weight is 298 g/mol. The van der Waals surface area contributed by atoms with Gasteiger partial charge in [-0.05, 0) is 43.5 Å². The SMILES string of the molecule is CCc1ccccc1NC(=O)c1ccc(NC(C)CC)nn1. The van der Waals surface area contributed by atoms with E-state index >= 15 is 0 Å². The van der Waals surface area contributed by atoms with Crippen molar-refractivity contribution in [1.82, 2.24) is 10.2 Å². The molecule has 5 nitrogen and oxygen atoms in total. The van der Waals surface area contributed by atoms with Crippen molar-refractivity contribution in [3.05, 3.63) is 47.7 Å². The molecule has 0 aliphatic carbocycles. The molecule has 116 valence electrons. The van der Waals surface area contributed by atoms with E-state index in [1.54, 1.807) is 12.1 Å². The molecule has 0 bridgehead atoms. The molecule has 2 aromatic rings. The lowest BCUT2D eigenvalue weighted by Gasteiger charge is -2.12. The van der Waals surface area contributed by atoms with Crippen LogP contribution in [0.25, 0.3) is 0 Å². The molecule has 2 rings (SSSR count). The monoisotopic (exact) mass is 298 g/mol. The number of aryl methyl sites for hydroxylation is 1. The Hall–Kier alpha value is -2.43. The second kappa shape index (κ2) is 7.54. The molecule has 0 saturated heterocycles. The third kappa shape index (κ3) is 4.04. The van der Waals surface area contributed by atoms with E-state index in [2.05, 4.69) is 41.6 Å². The van der Waals surface area contributed by atoms with Crippen molar-refractivity contribution >= 4 is 17.4 Å². The highest BCUT2D eigenvalue weighted by Gasteiger charge is 2.11. The molecule has 0 spiro atoms. The van der Waals surface area contributed by atoms with Crippen LogP contribution in [0.1, 0.15) is 43.2 Å². The summed E-state index contributed by atoms with van der Waals surface area (Å²) >= 11 is 0. The number of amides is 1. The van der Waals surface area contributed by atoms with Gasteiger partial charge < -0.3 is 10.6 Å². The molecular formula is C17H22N4O. The summed E-state index contributed by atoms with van der Waals surface area (Å²) < 4.78 is 0. The minimum atomic E-state index is -0.247. The number of nitrogens with zero attached hydrogens (tertiary/aromatic N) is 2. The van der Waals surface area contributed by atoms with Crippen molar-refractivity contribution in [3.8, 4) is 0 Å². The topological polar surface area (TPSA) is 66.9 Å². The van der Waals surface area contributed by atoms with Gasteiger partial charge >= 0.3 is 0 Å². The number of aromatic nitrogens is 2. The van der Waals surface area contributed by atoms with Crippen LogP contribution in [0.4, 0.5) is 11.5 Å². The van der Waals surface area contributed by atoms with E-state index < -0.39 is 0 Å². The molecule has 0 aliphatic heterocycles. The highest BCUT2D eigenvalue weighted by molar-refractivity contribution is 6.03. The quantitative estimate of drug-likeness (QED) is 0.856. The first-order valence-corrected chi connectivity index (χ1v) is 7.63. The van der Waals surface area contributed by atoms with E-state index in [0.29, 0.717) is 17.6 Å². The summed E-state index contributed by atoms with van der Waals surface area (Å²) in [6.45, 7) is 6.22. The maximum absolute atomic E-state index is 12.2. The van der Waals surface area contributed by atoms with Crippen molar-refractivity contribution in [3.63, 3.8) is 0 Å². The number of para-hydroxylation sites is 1. The molecule has 0 radical (unpaired) electrons. The molecule has 0 aliphatic rings. The van der Waals surface area contributed by atoms with E-state index in [0.717, 1.165) is 24.1 Å². The molecule has 1 aromatic carbocycles. The molecule has 1 unspecified atom stereocenters. The van der Waals surface area contributed by atoms with Crippen molar-refractivity contribution in [2.75, 3.05) is 10.6 Å². The number of hydrogen-bond acceptors (Lipinski definition) is 4. The summed E-state index contributed by atoms with van der Waals surface area (Å²) in [5.41, 5.74) is 2.22. The van der Waals surface area contributed by atoms with Gasteiger partial charge in [0.2, 0.25) is 0 Å². The van der Waals surface area contributed by atoms with Gasteiger partial charge in [0.25, 0.3) is 5.91 Å². The van der Waals surface area contributed by atoms with Gasteiger partial charge in [0.1, 0.15) is 5.82 Å². The van der Waals surface area contributed by atoms with Crippen LogP contribution < -0.4 is 10.6 Å². The normalized spacial score (nSPS) is 11.8. The van der Waals surface area contributed by atoms with Gasteiger partial charge in [-0.3, -0.25) is 4.79 Å². The first kappa shape index (κ1) is 15.9. The molecule has 1 atom stereocenters. The van der Waals surface area contributed by atoms with Crippen molar-refractivity contribution in [2.24, 2.45) is 0 Å². The predicted octanol–water partition coefficient (Wildman–Crippen LogP) is 3.50. The number of carbonyl (C=O) groups is 1. The first-order chi connectivity index (χ1) is 10.6. The molecule has 1 heterocycles. The van der Waals surface area contributed by atoms with Gasteiger partial charge in [0.05, 0.1) is 0 Å². The van der Waals surface area contributed by atoms with Crippen LogP contribution in [-0.4, -0.2) is 22.1 Å². The van der Waals surface area contributed by atoms with Crippen molar-refractivity contribution in [2.45, 2.75) is 39.7 Å². The molecular weight excluding hydrogens is 276 g/mol. The highest BCUT2D eigenvalue weighted by Crippen LogP contribution is 2.16. The Morgan fingerprint density at radius 1 is 1.14 bits per heavy atom. The molecule has 5 heteroatoms. The number of rotatable bonds is 6. The van der Waals surface area contributed by atoms with Gasteiger partial charge in [0, 0.05) is 11.7 Å². The van der Waals surface area contributed by atoms with Crippen LogP contribution in [0.3, 0.4) is 0 Å². The van der Waals surface area contributed by atoms with Crippen LogP contribution in [0.5, 0.6) is 0 Å². The number of hydrogen-bond donors (Lipinski definition) is 2. The summed E-state index contributed by atoms with van der Waals surface area (Å²) in [4.78, 5) is 12.2. The lowest BCUT2D eigenvalue weighted by atomic mass is 10.1. The molecule has 2 N–H and O–H groups in total. The summed E-state index contributed by atoms with van der Waals surface area (Å²) in [6.07, 6.45) is 1.86. The predicted molar refractivity (Wildman–Crippen MR) is 89.2 cm³/mol. The number of nitrogens with one attached hydrogen (secondary N) is 2. The number of anilines is 2. The van der Waals surface area contributed by atoms with E-state index in [1.807, 2.05) is 24.3 Å². The lowest BCUT2D eigenvalue weighted by Crippen LogP contribution is -2.18. The van der Waals surface area contributed by atoms with Crippen LogP contribution in [0.2, 0.25) is 0 Å². The Balaban J connectivity index is 2.06. The zero-order valence-corrected chi connectivity index (χ0v) is 13.3. The Bertz CT molecular complexity index is 625. The largest absolute Gasteiger partial charge is 0.366 e.